The van der Waals surface area contributed by atoms with Crippen molar-refractivity contribution in [3.05, 3.63) is 0 Å². The van der Waals surface area contributed by atoms with Gasteiger partial charge in [0.05, 0.1) is 0 Å². The van der Waals surface area contributed by atoms with Gasteiger partial charge < -0.3 is 0 Å². The van der Waals surface area contributed by atoms with Crippen LogP contribution in [0.2, 0.25) is 0 Å². The van der Waals surface area contributed by atoms with E-state index in [0.717, 1.165) is 23.2 Å². The van der Waals surface area contributed by atoms with E-state index < -0.39 is 0 Å². The van der Waals surface area contributed by atoms with Crippen molar-refractivity contribution in [2.24, 2.45) is 11.8 Å². The molecule has 0 amide bonds. The molecule has 2 heteroatoms. The molecule has 3 atom stereocenters. The molecule has 1 rings (SSSR count). The van der Waals surface area contributed by atoms with Gasteiger partial charge in [0.2, 0.25) is 0 Å². The van der Waals surface area contributed by atoms with Gasteiger partial charge in [-0.1, -0.05) is 43.1 Å². The first-order valence-electron chi connectivity index (χ1n) is 5.99. The quantitative estimate of drug-likeness (QED) is 0.685. The summed E-state index contributed by atoms with van der Waals surface area (Å²) in [5.74, 6) is 1.75. The number of alkyl halides is 1. The molecule has 0 saturated carbocycles. The highest BCUT2D eigenvalue weighted by molar-refractivity contribution is 9.09. The zero-order chi connectivity index (χ0) is 10.6. The van der Waals surface area contributed by atoms with Gasteiger partial charge in [-0.25, -0.2) is 0 Å². The molecule has 1 nitrogen and oxygen atoms in total. The second kappa shape index (κ2) is 6.12. The van der Waals surface area contributed by atoms with Crippen molar-refractivity contribution in [1.82, 2.24) is 4.90 Å². The third kappa shape index (κ3) is 3.23. The molecule has 0 spiro atoms. The SMILES string of the molecule is CCCC(C)CN1CCC(C)C1CBr. The summed E-state index contributed by atoms with van der Waals surface area (Å²) in [5.41, 5.74) is 0. The number of nitrogens with zero attached hydrogens (tertiary/aromatic N) is 1. The molecule has 1 aliphatic rings. The zero-order valence-electron chi connectivity index (χ0n) is 9.80. The molecular weight excluding hydrogens is 238 g/mol. The highest BCUT2D eigenvalue weighted by Crippen LogP contribution is 2.26. The van der Waals surface area contributed by atoms with E-state index in [1.807, 2.05) is 0 Å². The maximum atomic E-state index is 3.64. The Morgan fingerprint density at radius 3 is 2.79 bits per heavy atom. The van der Waals surface area contributed by atoms with E-state index in [4.69, 9.17) is 0 Å². The lowest BCUT2D eigenvalue weighted by Gasteiger charge is -2.27. The molecule has 0 aliphatic carbocycles. The third-order valence-electron chi connectivity index (χ3n) is 3.48. The Morgan fingerprint density at radius 2 is 2.21 bits per heavy atom. The molecule has 3 unspecified atom stereocenters. The second-order valence-corrected chi connectivity index (χ2v) is 5.52. The Labute approximate surface area is 97.4 Å². The Balaban J connectivity index is 2.36. The monoisotopic (exact) mass is 261 g/mol. The lowest BCUT2D eigenvalue weighted by atomic mass is 10.0. The minimum Gasteiger partial charge on any atom is -0.299 e. The van der Waals surface area contributed by atoms with Crippen molar-refractivity contribution in [2.75, 3.05) is 18.4 Å². The third-order valence-corrected chi connectivity index (χ3v) is 4.15. The van der Waals surface area contributed by atoms with Gasteiger partial charge in [0, 0.05) is 17.9 Å². The van der Waals surface area contributed by atoms with Crippen LogP contribution in [0.3, 0.4) is 0 Å². The Morgan fingerprint density at radius 1 is 1.50 bits per heavy atom. The van der Waals surface area contributed by atoms with E-state index in [-0.39, 0.29) is 0 Å². The molecule has 0 aromatic carbocycles. The number of rotatable bonds is 5. The van der Waals surface area contributed by atoms with Crippen molar-refractivity contribution in [1.29, 1.82) is 0 Å². The van der Waals surface area contributed by atoms with Crippen molar-refractivity contribution in [3.8, 4) is 0 Å². The molecule has 0 aromatic heterocycles. The van der Waals surface area contributed by atoms with E-state index in [1.54, 1.807) is 0 Å². The average molecular weight is 262 g/mol. The van der Waals surface area contributed by atoms with Crippen molar-refractivity contribution in [3.63, 3.8) is 0 Å². The van der Waals surface area contributed by atoms with Crippen LogP contribution >= 0.6 is 15.9 Å². The molecule has 1 heterocycles. The number of hydrogen-bond donors (Lipinski definition) is 0. The first kappa shape index (κ1) is 12.5. The summed E-state index contributed by atoms with van der Waals surface area (Å²) in [6.07, 6.45) is 4.08. The molecule has 0 bridgehead atoms. The largest absolute Gasteiger partial charge is 0.299 e. The maximum absolute atomic E-state index is 3.64. The smallest absolute Gasteiger partial charge is 0.0218 e. The van der Waals surface area contributed by atoms with Crippen LogP contribution in [-0.2, 0) is 0 Å². The van der Waals surface area contributed by atoms with Crippen LogP contribution in [0.25, 0.3) is 0 Å². The van der Waals surface area contributed by atoms with Crippen LogP contribution in [0.5, 0.6) is 0 Å². The topological polar surface area (TPSA) is 3.24 Å². The van der Waals surface area contributed by atoms with Gasteiger partial charge in [-0.2, -0.15) is 0 Å². The van der Waals surface area contributed by atoms with E-state index in [0.29, 0.717) is 0 Å². The van der Waals surface area contributed by atoms with Crippen LogP contribution in [0.15, 0.2) is 0 Å². The fraction of sp³-hybridized carbons (Fsp3) is 1.00. The molecule has 0 radical (unpaired) electrons. The minimum atomic E-state index is 0.786. The van der Waals surface area contributed by atoms with Crippen LogP contribution in [-0.4, -0.2) is 29.4 Å². The Kier molecular flexibility index (Phi) is 5.47. The summed E-state index contributed by atoms with van der Waals surface area (Å²) >= 11 is 3.64. The molecule has 14 heavy (non-hydrogen) atoms. The van der Waals surface area contributed by atoms with Gasteiger partial charge in [-0.05, 0) is 31.2 Å². The van der Waals surface area contributed by atoms with E-state index in [1.165, 1.54) is 32.4 Å². The molecule has 0 N–H and O–H groups in total. The highest BCUT2D eigenvalue weighted by atomic mass is 79.9. The summed E-state index contributed by atoms with van der Waals surface area (Å²) in [5, 5.41) is 1.15. The van der Waals surface area contributed by atoms with Crippen LogP contribution in [0.1, 0.15) is 40.0 Å². The second-order valence-electron chi connectivity index (χ2n) is 4.88. The highest BCUT2D eigenvalue weighted by Gasteiger charge is 2.30. The lowest BCUT2D eigenvalue weighted by Crippen LogP contribution is -2.36. The van der Waals surface area contributed by atoms with Crippen molar-refractivity contribution >= 4 is 15.9 Å². The molecule has 1 saturated heterocycles. The summed E-state index contributed by atoms with van der Waals surface area (Å²) < 4.78 is 0. The Hall–Kier alpha value is 0.440. The molecule has 1 aliphatic heterocycles. The number of hydrogen-bond acceptors (Lipinski definition) is 1. The first-order valence-corrected chi connectivity index (χ1v) is 7.11. The summed E-state index contributed by atoms with van der Waals surface area (Å²) in [7, 11) is 0. The predicted octanol–water partition coefficient (Wildman–Crippen LogP) is 3.53. The average Bonchev–Trinajstić information content (AvgIpc) is 2.47. The minimum absolute atomic E-state index is 0.786. The van der Waals surface area contributed by atoms with E-state index >= 15 is 0 Å². The van der Waals surface area contributed by atoms with E-state index in [2.05, 4.69) is 41.6 Å². The van der Waals surface area contributed by atoms with Gasteiger partial charge in [0.25, 0.3) is 0 Å². The Bertz CT molecular complexity index is 160. The zero-order valence-corrected chi connectivity index (χ0v) is 11.4. The van der Waals surface area contributed by atoms with Gasteiger partial charge in [0.15, 0.2) is 0 Å². The molecular formula is C12H24BrN. The van der Waals surface area contributed by atoms with Gasteiger partial charge in [0.1, 0.15) is 0 Å². The van der Waals surface area contributed by atoms with Crippen molar-refractivity contribution < 1.29 is 0 Å². The predicted molar refractivity (Wildman–Crippen MR) is 67.0 cm³/mol. The standard InChI is InChI=1S/C12H24BrN/c1-4-5-10(2)9-14-7-6-11(3)12(14)8-13/h10-12H,4-9H2,1-3H3. The van der Waals surface area contributed by atoms with Crippen LogP contribution < -0.4 is 0 Å². The normalized spacial score (nSPS) is 30.9. The van der Waals surface area contributed by atoms with Gasteiger partial charge in [-0.15, -0.1) is 0 Å². The molecule has 0 aromatic rings. The maximum Gasteiger partial charge on any atom is 0.0218 e. The van der Waals surface area contributed by atoms with E-state index in [9.17, 15) is 0 Å². The fourth-order valence-corrected chi connectivity index (χ4v) is 3.60. The molecule has 1 fully saturated rings. The van der Waals surface area contributed by atoms with Crippen LogP contribution in [0, 0.1) is 11.8 Å². The summed E-state index contributed by atoms with van der Waals surface area (Å²) in [4.78, 5) is 2.68. The first-order chi connectivity index (χ1) is 6.69. The summed E-state index contributed by atoms with van der Waals surface area (Å²) in [6.45, 7) is 9.67. The summed E-state index contributed by atoms with van der Waals surface area (Å²) in [6, 6.07) is 0.786. The number of halogens is 1. The van der Waals surface area contributed by atoms with Crippen molar-refractivity contribution in [2.45, 2.75) is 46.1 Å². The van der Waals surface area contributed by atoms with Crippen LogP contribution in [0.4, 0.5) is 0 Å². The number of likely N-dealkylation sites (tertiary alicyclic amines) is 1. The molecule has 84 valence electrons. The van der Waals surface area contributed by atoms with Gasteiger partial charge in [-0.3, -0.25) is 4.90 Å². The lowest BCUT2D eigenvalue weighted by molar-refractivity contribution is 0.215. The van der Waals surface area contributed by atoms with Gasteiger partial charge >= 0.3 is 0 Å². The fourth-order valence-electron chi connectivity index (χ4n) is 2.55.